The molecule has 3 heterocycles. The zero-order valence-corrected chi connectivity index (χ0v) is 16.6. The van der Waals surface area contributed by atoms with Crippen LogP contribution in [0.15, 0.2) is 27.2 Å². The molecule has 0 unspecified atom stereocenters. The lowest BCUT2D eigenvalue weighted by molar-refractivity contribution is 0.0198. The SMILES string of the molecule is Cc1noc2cc(-c3noc(C4CCN(C(=O)OC(C)(C)C)CC4)n3)ccc12. The highest BCUT2D eigenvalue weighted by Gasteiger charge is 2.30. The Balaban J connectivity index is 1.43. The summed E-state index contributed by atoms with van der Waals surface area (Å²) < 4.78 is 16.3. The van der Waals surface area contributed by atoms with Crippen LogP contribution in [-0.4, -0.2) is 45.0 Å². The molecule has 0 aliphatic carbocycles. The van der Waals surface area contributed by atoms with Gasteiger partial charge in [-0.05, 0) is 52.7 Å². The molecule has 0 bridgehead atoms. The molecule has 0 radical (unpaired) electrons. The Labute approximate surface area is 162 Å². The average Bonchev–Trinajstić information content (AvgIpc) is 3.28. The molecular weight excluding hydrogens is 360 g/mol. The first-order chi connectivity index (χ1) is 13.3. The van der Waals surface area contributed by atoms with Crippen molar-refractivity contribution in [2.45, 2.75) is 52.1 Å². The number of rotatable bonds is 2. The van der Waals surface area contributed by atoms with Crippen LogP contribution in [0.25, 0.3) is 22.4 Å². The molecule has 1 aliphatic rings. The van der Waals surface area contributed by atoms with Crippen molar-refractivity contribution in [1.29, 1.82) is 0 Å². The molecule has 1 amide bonds. The predicted molar refractivity (Wildman–Crippen MR) is 102 cm³/mol. The number of ether oxygens (including phenoxy) is 1. The summed E-state index contributed by atoms with van der Waals surface area (Å²) in [5.74, 6) is 1.27. The van der Waals surface area contributed by atoms with Crippen molar-refractivity contribution in [1.82, 2.24) is 20.2 Å². The van der Waals surface area contributed by atoms with Crippen molar-refractivity contribution in [3.63, 3.8) is 0 Å². The highest BCUT2D eigenvalue weighted by atomic mass is 16.6. The van der Waals surface area contributed by atoms with Crippen LogP contribution in [0.3, 0.4) is 0 Å². The highest BCUT2D eigenvalue weighted by molar-refractivity contribution is 5.83. The number of carbonyl (C=O) groups excluding carboxylic acids is 1. The largest absolute Gasteiger partial charge is 0.444 e. The average molecular weight is 384 g/mol. The van der Waals surface area contributed by atoms with E-state index in [-0.39, 0.29) is 12.0 Å². The smallest absolute Gasteiger partial charge is 0.410 e. The van der Waals surface area contributed by atoms with E-state index in [4.69, 9.17) is 13.8 Å². The topological polar surface area (TPSA) is 94.5 Å². The van der Waals surface area contributed by atoms with E-state index in [9.17, 15) is 4.79 Å². The van der Waals surface area contributed by atoms with Crippen LogP contribution in [0.2, 0.25) is 0 Å². The third-order valence-electron chi connectivity index (χ3n) is 4.85. The Bertz CT molecular complexity index is 993. The Hall–Kier alpha value is -2.90. The number of benzene rings is 1. The molecule has 8 heteroatoms. The van der Waals surface area contributed by atoms with Crippen LogP contribution >= 0.6 is 0 Å². The lowest BCUT2D eigenvalue weighted by Crippen LogP contribution is -2.41. The van der Waals surface area contributed by atoms with Crippen LogP contribution in [0, 0.1) is 6.92 Å². The molecule has 3 aromatic rings. The predicted octanol–water partition coefficient (Wildman–Crippen LogP) is 4.30. The van der Waals surface area contributed by atoms with Gasteiger partial charge in [0.05, 0.1) is 5.69 Å². The molecule has 4 rings (SSSR count). The number of hydrogen-bond donors (Lipinski definition) is 0. The molecule has 28 heavy (non-hydrogen) atoms. The standard InChI is InChI=1S/C20H24N4O4/c1-12-15-6-5-14(11-16(15)27-22-12)17-21-18(28-23-17)13-7-9-24(10-8-13)19(25)26-20(2,3)4/h5-6,11,13H,7-10H2,1-4H3. The van der Waals surface area contributed by atoms with Crippen LogP contribution < -0.4 is 0 Å². The number of fused-ring (bicyclic) bond motifs is 1. The number of piperidine rings is 1. The Morgan fingerprint density at radius 2 is 1.93 bits per heavy atom. The first-order valence-electron chi connectivity index (χ1n) is 9.48. The molecule has 1 saturated heterocycles. The first kappa shape index (κ1) is 18.5. The van der Waals surface area contributed by atoms with Gasteiger partial charge in [-0.25, -0.2) is 4.79 Å². The third-order valence-corrected chi connectivity index (χ3v) is 4.85. The van der Waals surface area contributed by atoms with E-state index in [2.05, 4.69) is 15.3 Å². The number of aryl methyl sites for hydroxylation is 1. The van der Waals surface area contributed by atoms with E-state index in [1.165, 1.54) is 0 Å². The van der Waals surface area contributed by atoms with Crippen molar-refractivity contribution >= 4 is 17.1 Å². The summed E-state index contributed by atoms with van der Waals surface area (Å²) in [5, 5.41) is 9.07. The number of aromatic nitrogens is 3. The van der Waals surface area contributed by atoms with Crippen LogP contribution in [-0.2, 0) is 4.74 Å². The monoisotopic (exact) mass is 384 g/mol. The highest BCUT2D eigenvalue weighted by Crippen LogP contribution is 2.30. The van der Waals surface area contributed by atoms with Gasteiger partial charge in [0, 0.05) is 30.0 Å². The van der Waals surface area contributed by atoms with Crippen molar-refractivity contribution < 1.29 is 18.6 Å². The molecule has 1 aromatic carbocycles. The summed E-state index contributed by atoms with van der Waals surface area (Å²) in [5.41, 5.74) is 1.89. The minimum Gasteiger partial charge on any atom is -0.444 e. The van der Waals surface area contributed by atoms with Gasteiger partial charge in [-0.2, -0.15) is 4.98 Å². The van der Waals surface area contributed by atoms with Gasteiger partial charge >= 0.3 is 6.09 Å². The van der Waals surface area contributed by atoms with Crippen molar-refractivity contribution in [3.8, 4) is 11.4 Å². The fourth-order valence-corrected chi connectivity index (χ4v) is 3.36. The van der Waals surface area contributed by atoms with E-state index >= 15 is 0 Å². The lowest BCUT2D eigenvalue weighted by Gasteiger charge is -2.32. The van der Waals surface area contributed by atoms with E-state index in [1.807, 2.05) is 45.9 Å². The third kappa shape index (κ3) is 3.72. The van der Waals surface area contributed by atoms with Crippen molar-refractivity contribution in [2.24, 2.45) is 0 Å². The molecule has 2 aromatic heterocycles. The molecule has 0 saturated carbocycles. The van der Waals surface area contributed by atoms with Gasteiger partial charge in [0.2, 0.25) is 11.7 Å². The molecule has 1 aliphatic heterocycles. The van der Waals surface area contributed by atoms with Crippen LogP contribution in [0.5, 0.6) is 0 Å². The Morgan fingerprint density at radius 3 is 2.64 bits per heavy atom. The number of hydrogen-bond acceptors (Lipinski definition) is 7. The van der Waals surface area contributed by atoms with E-state index in [0.717, 1.165) is 29.5 Å². The van der Waals surface area contributed by atoms with Gasteiger partial charge in [0.1, 0.15) is 5.60 Å². The zero-order valence-electron chi connectivity index (χ0n) is 16.6. The molecule has 0 spiro atoms. The lowest BCUT2D eigenvalue weighted by atomic mass is 9.97. The maximum Gasteiger partial charge on any atom is 0.410 e. The number of likely N-dealkylation sites (tertiary alicyclic amines) is 1. The van der Waals surface area contributed by atoms with Gasteiger partial charge in [-0.15, -0.1) is 0 Å². The minimum atomic E-state index is -0.488. The van der Waals surface area contributed by atoms with Gasteiger partial charge < -0.3 is 18.7 Å². The number of amides is 1. The fourth-order valence-electron chi connectivity index (χ4n) is 3.36. The molecule has 1 fully saturated rings. The first-order valence-corrected chi connectivity index (χ1v) is 9.48. The molecular formula is C20H24N4O4. The van der Waals surface area contributed by atoms with Gasteiger partial charge in [0.15, 0.2) is 5.58 Å². The minimum absolute atomic E-state index is 0.135. The van der Waals surface area contributed by atoms with Crippen LogP contribution in [0.4, 0.5) is 4.79 Å². The van der Waals surface area contributed by atoms with E-state index < -0.39 is 5.60 Å². The van der Waals surface area contributed by atoms with Gasteiger partial charge in [-0.1, -0.05) is 16.4 Å². The second kappa shape index (κ2) is 6.92. The normalized spacial score (nSPS) is 15.9. The van der Waals surface area contributed by atoms with Gasteiger partial charge in [0.25, 0.3) is 0 Å². The number of carbonyl (C=O) groups is 1. The second-order valence-electron chi connectivity index (χ2n) is 8.18. The molecule has 8 nitrogen and oxygen atoms in total. The van der Waals surface area contributed by atoms with Crippen molar-refractivity contribution in [3.05, 3.63) is 29.8 Å². The summed E-state index contributed by atoms with van der Waals surface area (Å²) in [6.45, 7) is 8.74. The summed E-state index contributed by atoms with van der Waals surface area (Å²) in [6, 6.07) is 5.76. The van der Waals surface area contributed by atoms with Crippen molar-refractivity contribution in [2.75, 3.05) is 13.1 Å². The van der Waals surface area contributed by atoms with Crippen LogP contribution in [0.1, 0.15) is 51.1 Å². The second-order valence-corrected chi connectivity index (χ2v) is 8.18. The summed E-state index contributed by atoms with van der Waals surface area (Å²) in [4.78, 5) is 18.5. The maximum atomic E-state index is 12.2. The molecule has 0 atom stereocenters. The maximum absolute atomic E-state index is 12.2. The molecule has 0 N–H and O–H groups in total. The van der Waals surface area contributed by atoms with E-state index in [0.29, 0.717) is 30.4 Å². The van der Waals surface area contributed by atoms with Gasteiger partial charge in [-0.3, -0.25) is 0 Å². The quantitative estimate of drug-likeness (QED) is 0.650. The zero-order chi connectivity index (χ0) is 19.9. The summed E-state index contributed by atoms with van der Waals surface area (Å²) in [6.07, 6.45) is 1.26. The Kier molecular flexibility index (Phi) is 4.56. The molecule has 148 valence electrons. The number of nitrogens with zero attached hydrogens (tertiary/aromatic N) is 4. The summed E-state index contributed by atoms with van der Waals surface area (Å²) >= 11 is 0. The Morgan fingerprint density at radius 1 is 1.18 bits per heavy atom. The fraction of sp³-hybridized carbons (Fsp3) is 0.500. The summed E-state index contributed by atoms with van der Waals surface area (Å²) in [7, 11) is 0. The van der Waals surface area contributed by atoms with E-state index in [1.54, 1.807) is 4.90 Å².